The average molecular weight is 180 g/mol. The summed E-state index contributed by atoms with van der Waals surface area (Å²) in [6.45, 7) is 2.35. The molecule has 70 valence electrons. The van der Waals surface area contributed by atoms with Crippen LogP contribution in [-0.4, -0.2) is 22.4 Å². The van der Waals surface area contributed by atoms with Gasteiger partial charge in [0.15, 0.2) is 0 Å². The molecule has 0 radical (unpaired) electrons. The van der Waals surface area contributed by atoms with E-state index in [9.17, 15) is 4.79 Å². The largest absolute Gasteiger partial charge is 0.370 e. The summed E-state index contributed by atoms with van der Waals surface area (Å²) < 4.78 is 0. The van der Waals surface area contributed by atoms with Crippen LogP contribution in [0.1, 0.15) is 12.1 Å². The molecule has 3 N–H and O–H groups in total. The Morgan fingerprint density at radius 3 is 3.08 bits per heavy atom. The van der Waals surface area contributed by atoms with Crippen LogP contribution in [0.15, 0.2) is 12.3 Å². The molecule has 0 unspecified atom stereocenters. The van der Waals surface area contributed by atoms with Gasteiger partial charge in [0.25, 0.3) is 0 Å². The molecule has 1 rings (SSSR count). The van der Waals surface area contributed by atoms with E-state index < -0.39 is 0 Å². The molecular weight excluding hydrogens is 168 g/mol. The van der Waals surface area contributed by atoms with Gasteiger partial charge in [0.2, 0.25) is 11.9 Å². The molecule has 1 aromatic heterocycles. The van der Waals surface area contributed by atoms with Crippen molar-refractivity contribution in [2.45, 2.75) is 13.3 Å². The zero-order valence-electron chi connectivity index (χ0n) is 7.45. The number of carbonyl (C=O) groups excluding carboxylic acids is 1. The summed E-state index contributed by atoms with van der Waals surface area (Å²) in [5.41, 5.74) is 5.85. The van der Waals surface area contributed by atoms with E-state index in [4.69, 9.17) is 5.73 Å². The molecule has 13 heavy (non-hydrogen) atoms. The van der Waals surface area contributed by atoms with Crippen molar-refractivity contribution in [1.82, 2.24) is 9.97 Å². The van der Waals surface area contributed by atoms with Gasteiger partial charge in [0, 0.05) is 24.9 Å². The van der Waals surface area contributed by atoms with E-state index in [1.54, 1.807) is 12.3 Å². The number of hydrogen-bond donors (Lipinski definition) is 2. The summed E-state index contributed by atoms with van der Waals surface area (Å²) in [5.74, 6) is 0.196. The van der Waals surface area contributed by atoms with Gasteiger partial charge in [-0.25, -0.2) is 9.97 Å². The van der Waals surface area contributed by atoms with Gasteiger partial charge in [-0.15, -0.1) is 0 Å². The Hall–Kier alpha value is -1.65. The third kappa shape index (κ3) is 3.50. The van der Waals surface area contributed by atoms with Crippen LogP contribution in [0.4, 0.5) is 5.95 Å². The molecule has 0 aromatic carbocycles. The fourth-order valence-corrected chi connectivity index (χ4v) is 0.832. The van der Waals surface area contributed by atoms with Crippen LogP contribution in [0.5, 0.6) is 0 Å². The van der Waals surface area contributed by atoms with Crippen LogP contribution in [0.3, 0.4) is 0 Å². The fourth-order valence-electron chi connectivity index (χ4n) is 0.832. The van der Waals surface area contributed by atoms with Gasteiger partial charge in [0.1, 0.15) is 0 Å². The normalized spacial score (nSPS) is 9.62. The molecular formula is C8H12N4O. The molecule has 0 spiro atoms. The zero-order chi connectivity index (χ0) is 9.68. The summed E-state index contributed by atoms with van der Waals surface area (Å²) in [7, 11) is 0. The van der Waals surface area contributed by atoms with E-state index in [2.05, 4.69) is 15.3 Å². The van der Waals surface area contributed by atoms with Crippen molar-refractivity contribution in [2.24, 2.45) is 5.73 Å². The third-order valence-corrected chi connectivity index (χ3v) is 1.45. The number of carbonyl (C=O) groups is 1. The molecule has 0 saturated carbocycles. The topological polar surface area (TPSA) is 80.9 Å². The van der Waals surface area contributed by atoms with Crippen LogP contribution in [-0.2, 0) is 4.79 Å². The second-order valence-corrected chi connectivity index (χ2v) is 2.66. The predicted molar refractivity (Wildman–Crippen MR) is 49.1 cm³/mol. The number of nitrogens with two attached hydrogens (primary N) is 1. The number of nitrogens with one attached hydrogen (secondary N) is 1. The summed E-state index contributed by atoms with van der Waals surface area (Å²) in [4.78, 5) is 18.5. The number of nitrogens with zero attached hydrogens (tertiary/aromatic N) is 2. The van der Waals surface area contributed by atoms with Crippen molar-refractivity contribution in [3.63, 3.8) is 0 Å². The molecule has 1 aromatic rings. The SMILES string of the molecule is Cc1ccnc(NCCC(N)=O)n1. The Morgan fingerprint density at radius 1 is 1.69 bits per heavy atom. The third-order valence-electron chi connectivity index (χ3n) is 1.45. The van der Waals surface area contributed by atoms with Crippen molar-refractivity contribution in [2.75, 3.05) is 11.9 Å². The molecule has 0 atom stereocenters. The molecule has 0 aliphatic heterocycles. The number of anilines is 1. The summed E-state index contributed by atoms with van der Waals surface area (Å²) in [6.07, 6.45) is 1.95. The maximum absolute atomic E-state index is 10.4. The van der Waals surface area contributed by atoms with Crippen molar-refractivity contribution in [3.05, 3.63) is 18.0 Å². The zero-order valence-corrected chi connectivity index (χ0v) is 7.45. The Labute approximate surface area is 76.4 Å². The van der Waals surface area contributed by atoms with Gasteiger partial charge < -0.3 is 11.1 Å². The number of aryl methyl sites for hydroxylation is 1. The lowest BCUT2D eigenvalue weighted by Gasteiger charge is -2.02. The average Bonchev–Trinajstić information content (AvgIpc) is 2.03. The fraction of sp³-hybridized carbons (Fsp3) is 0.375. The Bertz CT molecular complexity index is 300. The van der Waals surface area contributed by atoms with Gasteiger partial charge in [0.05, 0.1) is 0 Å². The minimum Gasteiger partial charge on any atom is -0.370 e. The first-order chi connectivity index (χ1) is 6.18. The highest BCUT2D eigenvalue weighted by Crippen LogP contribution is 1.98. The molecule has 0 aliphatic rings. The van der Waals surface area contributed by atoms with Crippen LogP contribution in [0.2, 0.25) is 0 Å². The highest BCUT2D eigenvalue weighted by molar-refractivity contribution is 5.74. The summed E-state index contributed by atoms with van der Waals surface area (Å²) in [5, 5.41) is 2.89. The minimum atomic E-state index is -0.333. The van der Waals surface area contributed by atoms with Gasteiger partial charge in [-0.1, -0.05) is 0 Å². The van der Waals surface area contributed by atoms with Crippen molar-refractivity contribution >= 4 is 11.9 Å². The van der Waals surface area contributed by atoms with Crippen LogP contribution in [0, 0.1) is 6.92 Å². The van der Waals surface area contributed by atoms with E-state index in [0.29, 0.717) is 12.5 Å². The first kappa shape index (κ1) is 9.44. The first-order valence-electron chi connectivity index (χ1n) is 4.00. The van der Waals surface area contributed by atoms with Crippen molar-refractivity contribution < 1.29 is 4.79 Å². The monoisotopic (exact) mass is 180 g/mol. The van der Waals surface area contributed by atoms with Gasteiger partial charge in [-0.3, -0.25) is 4.79 Å². The lowest BCUT2D eigenvalue weighted by molar-refractivity contribution is -0.117. The van der Waals surface area contributed by atoms with Crippen LogP contribution >= 0.6 is 0 Å². The van der Waals surface area contributed by atoms with Gasteiger partial charge >= 0.3 is 0 Å². The molecule has 5 nitrogen and oxygen atoms in total. The molecule has 0 saturated heterocycles. The molecule has 1 amide bonds. The number of amides is 1. The molecule has 0 aliphatic carbocycles. The van der Waals surface area contributed by atoms with E-state index in [-0.39, 0.29) is 12.3 Å². The smallest absolute Gasteiger partial charge is 0.222 e. The van der Waals surface area contributed by atoms with E-state index in [1.807, 2.05) is 6.92 Å². The number of rotatable bonds is 4. The van der Waals surface area contributed by atoms with Crippen molar-refractivity contribution in [1.29, 1.82) is 0 Å². The summed E-state index contributed by atoms with van der Waals surface area (Å²) >= 11 is 0. The highest BCUT2D eigenvalue weighted by Gasteiger charge is 1.96. The quantitative estimate of drug-likeness (QED) is 0.687. The lowest BCUT2D eigenvalue weighted by Crippen LogP contribution is -2.16. The van der Waals surface area contributed by atoms with Gasteiger partial charge in [-0.2, -0.15) is 0 Å². The van der Waals surface area contributed by atoms with Crippen molar-refractivity contribution in [3.8, 4) is 0 Å². The number of primary amides is 1. The second-order valence-electron chi connectivity index (χ2n) is 2.66. The summed E-state index contributed by atoms with van der Waals surface area (Å²) in [6, 6.07) is 1.80. The first-order valence-corrected chi connectivity index (χ1v) is 4.00. The van der Waals surface area contributed by atoms with Crippen LogP contribution < -0.4 is 11.1 Å². The Morgan fingerprint density at radius 2 is 2.46 bits per heavy atom. The highest BCUT2D eigenvalue weighted by atomic mass is 16.1. The molecule has 5 heteroatoms. The van der Waals surface area contributed by atoms with Crippen LogP contribution in [0.25, 0.3) is 0 Å². The number of aromatic nitrogens is 2. The van der Waals surface area contributed by atoms with E-state index in [0.717, 1.165) is 5.69 Å². The molecule has 1 heterocycles. The standard InChI is InChI=1S/C8H12N4O/c1-6-2-4-10-8(12-6)11-5-3-7(9)13/h2,4H,3,5H2,1H3,(H2,9,13)(H,10,11,12). The Balaban J connectivity index is 2.41. The number of hydrogen-bond acceptors (Lipinski definition) is 4. The van der Waals surface area contributed by atoms with E-state index in [1.165, 1.54) is 0 Å². The molecule has 0 fully saturated rings. The predicted octanol–water partition coefficient (Wildman–Crippen LogP) is 0.0723. The molecule has 0 bridgehead atoms. The lowest BCUT2D eigenvalue weighted by atomic mass is 10.4. The van der Waals surface area contributed by atoms with Gasteiger partial charge in [-0.05, 0) is 13.0 Å². The van der Waals surface area contributed by atoms with E-state index >= 15 is 0 Å². The second kappa shape index (κ2) is 4.39. The maximum Gasteiger partial charge on any atom is 0.222 e. The Kier molecular flexibility index (Phi) is 3.19. The maximum atomic E-state index is 10.4. The minimum absolute atomic E-state index is 0.289.